The summed E-state index contributed by atoms with van der Waals surface area (Å²) in [6.45, 7) is 0.236. The van der Waals surface area contributed by atoms with Gasteiger partial charge in [0.25, 0.3) is 0 Å². The lowest BCUT2D eigenvalue weighted by atomic mass is 10.1. The summed E-state index contributed by atoms with van der Waals surface area (Å²) in [6, 6.07) is -5.87. The Bertz CT molecular complexity index is 948. The van der Waals surface area contributed by atoms with Crippen LogP contribution in [0.25, 0.3) is 0 Å². The molecule has 19 nitrogen and oxygen atoms in total. The average Bonchev–Trinajstić information content (AvgIpc) is 2.81. The van der Waals surface area contributed by atoms with E-state index in [-0.39, 0.29) is 44.3 Å². The van der Waals surface area contributed by atoms with Gasteiger partial charge in [0.1, 0.15) is 18.1 Å². The van der Waals surface area contributed by atoms with Crippen molar-refractivity contribution in [2.24, 2.45) is 44.4 Å². The van der Waals surface area contributed by atoms with Gasteiger partial charge in [0.15, 0.2) is 11.9 Å². The largest absolute Gasteiger partial charge is 0.481 e. The van der Waals surface area contributed by atoms with Crippen LogP contribution < -0.4 is 50.4 Å². The van der Waals surface area contributed by atoms with E-state index in [0.29, 0.717) is 6.42 Å². The molecule has 220 valence electrons. The highest BCUT2D eigenvalue weighted by molar-refractivity contribution is 5.96. The minimum atomic E-state index is -1.80. The third-order valence-corrected chi connectivity index (χ3v) is 4.91. The van der Waals surface area contributed by atoms with Crippen molar-refractivity contribution in [3.05, 3.63) is 0 Å². The molecule has 0 aliphatic heterocycles. The van der Waals surface area contributed by atoms with E-state index < -0.39 is 72.6 Å². The van der Waals surface area contributed by atoms with Gasteiger partial charge in [0.05, 0.1) is 18.9 Å². The predicted octanol–water partition coefficient (Wildman–Crippen LogP) is -5.69. The summed E-state index contributed by atoms with van der Waals surface area (Å²) in [5.74, 6) is -7.30. The number of nitrogens with one attached hydrogen (secondary N) is 3. The van der Waals surface area contributed by atoms with Gasteiger partial charge >= 0.3 is 11.9 Å². The van der Waals surface area contributed by atoms with Crippen LogP contribution in [0.1, 0.15) is 38.5 Å². The molecule has 0 spiro atoms. The fourth-order valence-electron chi connectivity index (χ4n) is 3.03. The lowest BCUT2D eigenvalue weighted by Gasteiger charge is -2.24. The summed E-state index contributed by atoms with van der Waals surface area (Å²) in [7, 11) is 0. The Morgan fingerprint density at radius 1 is 0.641 bits per heavy atom. The fraction of sp³-hybridized carbons (Fsp3) is 0.600. The van der Waals surface area contributed by atoms with Gasteiger partial charge in [-0.05, 0) is 25.7 Å². The van der Waals surface area contributed by atoms with Crippen molar-refractivity contribution in [2.75, 3.05) is 13.1 Å². The van der Waals surface area contributed by atoms with Gasteiger partial charge in [0, 0.05) is 13.1 Å². The van der Waals surface area contributed by atoms with E-state index in [1.807, 2.05) is 5.32 Å². The molecular formula is C20H37N11O8. The first-order chi connectivity index (χ1) is 18.1. The van der Waals surface area contributed by atoms with Gasteiger partial charge in [-0.2, -0.15) is 0 Å². The molecule has 0 saturated carbocycles. The first-order valence-electron chi connectivity index (χ1n) is 11.6. The Morgan fingerprint density at radius 3 is 1.56 bits per heavy atom. The third kappa shape index (κ3) is 15.9. The fourth-order valence-corrected chi connectivity index (χ4v) is 3.03. The second-order valence-electron chi connectivity index (χ2n) is 8.29. The van der Waals surface area contributed by atoms with Crippen LogP contribution in [0, 0.1) is 0 Å². The van der Waals surface area contributed by atoms with Crippen LogP contribution in [0.5, 0.6) is 0 Å². The number of primary amides is 1. The third-order valence-electron chi connectivity index (χ3n) is 4.91. The summed E-state index contributed by atoms with van der Waals surface area (Å²) in [6.07, 6.45) is -1.13. The molecule has 0 unspecified atom stereocenters. The Morgan fingerprint density at radius 2 is 1.10 bits per heavy atom. The van der Waals surface area contributed by atoms with E-state index >= 15 is 0 Å². The Hall–Kier alpha value is -4.68. The highest BCUT2D eigenvalue weighted by Gasteiger charge is 2.31. The molecule has 0 aliphatic rings. The smallest absolute Gasteiger partial charge is 0.326 e. The average molecular weight is 560 g/mol. The number of carbonyl (C=O) groups excluding carboxylic acids is 4. The van der Waals surface area contributed by atoms with Crippen molar-refractivity contribution >= 4 is 47.5 Å². The molecule has 0 aliphatic carbocycles. The zero-order valence-corrected chi connectivity index (χ0v) is 21.2. The second-order valence-corrected chi connectivity index (χ2v) is 8.29. The first-order valence-corrected chi connectivity index (χ1v) is 11.6. The number of aliphatic imine (C=N–C) groups is 2. The molecule has 0 radical (unpaired) electrons. The van der Waals surface area contributed by atoms with Gasteiger partial charge in [-0.25, -0.2) is 4.79 Å². The highest BCUT2D eigenvalue weighted by atomic mass is 16.4. The summed E-state index contributed by atoms with van der Waals surface area (Å²) in [5, 5.41) is 24.7. The number of aliphatic carboxylic acids is 2. The Labute approximate surface area is 223 Å². The topological polar surface area (TPSA) is 360 Å². The molecule has 0 aromatic heterocycles. The number of rotatable bonds is 19. The molecule has 0 saturated heterocycles. The van der Waals surface area contributed by atoms with Crippen molar-refractivity contribution in [3.63, 3.8) is 0 Å². The van der Waals surface area contributed by atoms with Gasteiger partial charge < -0.3 is 60.6 Å². The standard InChI is InChI=1S/C20H37N11O8/c21-9(3-1-5-27-19(23)24)15(35)30-11(7-13(22)32)17(37)29-10(4-2-6-28-20(25)26)16(36)31-12(18(38)39)8-14(33)34/h9-12H,1-8,21H2,(H2,22,32)(H,29,37)(H,30,35)(H,31,36)(H,33,34)(H,38,39)(H4,23,24,27)(H4,25,26,28)/t9-,10-,11-,12-/m0/s1. The van der Waals surface area contributed by atoms with E-state index in [1.54, 1.807) is 0 Å². The monoisotopic (exact) mass is 559 g/mol. The van der Waals surface area contributed by atoms with Gasteiger partial charge in [-0.3, -0.25) is 34.0 Å². The van der Waals surface area contributed by atoms with E-state index in [4.69, 9.17) is 39.5 Å². The molecule has 0 heterocycles. The summed E-state index contributed by atoms with van der Waals surface area (Å²) in [5.41, 5.74) is 31.9. The Kier molecular flexibility index (Phi) is 15.6. The number of hydrogen-bond donors (Lipinski definition) is 11. The SMILES string of the molecule is NC(=O)C[C@H](NC(=O)[C@@H](N)CCCN=C(N)N)C(=O)N[C@@H](CCCN=C(N)N)C(=O)N[C@@H](CC(=O)O)C(=O)O. The minimum Gasteiger partial charge on any atom is -0.481 e. The number of hydrogen-bond acceptors (Lipinski definition) is 9. The number of guanidine groups is 2. The maximum absolute atomic E-state index is 12.9. The number of nitrogens with zero attached hydrogens (tertiary/aromatic N) is 2. The zero-order chi connectivity index (χ0) is 30.1. The maximum Gasteiger partial charge on any atom is 0.326 e. The quantitative estimate of drug-likeness (QED) is 0.0399. The van der Waals surface area contributed by atoms with E-state index in [9.17, 15) is 33.9 Å². The molecule has 19 heteroatoms. The molecule has 0 rings (SSSR count). The molecule has 0 fully saturated rings. The number of carbonyl (C=O) groups is 6. The Balaban J connectivity index is 5.60. The first kappa shape index (κ1) is 34.3. The maximum atomic E-state index is 12.9. The van der Waals surface area contributed by atoms with E-state index in [0.717, 1.165) is 0 Å². The molecule has 0 bridgehead atoms. The van der Waals surface area contributed by atoms with Crippen molar-refractivity contribution in [1.82, 2.24) is 16.0 Å². The zero-order valence-electron chi connectivity index (χ0n) is 21.2. The van der Waals surface area contributed by atoms with Crippen LogP contribution in [0.2, 0.25) is 0 Å². The summed E-state index contributed by atoms with van der Waals surface area (Å²) < 4.78 is 0. The molecule has 17 N–H and O–H groups in total. The van der Waals surface area contributed by atoms with Gasteiger partial charge in [-0.15, -0.1) is 0 Å². The van der Waals surface area contributed by atoms with Crippen molar-refractivity contribution in [1.29, 1.82) is 0 Å². The van der Waals surface area contributed by atoms with Crippen LogP contribution in [-0.4, -0.2) is 95.0 Å². The summed E-state index contributed by atoms with van der Waals surface area (Å²) >= 11 is 0. The number of carboxylic acid groups (broad SMARTS) is 2. The number of amides is 4. The molecule has 0 aromatic carbocycles. The lowest BCUT2D eigenvalue weighted by molar-refractivity contribution is -0.147. The van der Waals surface area contributed by atoms with Gasteiger partial charge in [0.2, 0.25) is 23.6 Å². The van der Waals surface area contributed by atoms with Crippen LogP contribution >= 0.6 is 0 Å². The van der Waals surface area contributed by atoms with Crippen LogP contribution in [0.3, 0.4) is 0 Å². The van der Waals surface area contributed by atoms with Crippen LogP contribution in [0.4, 0.5) is 0 Å². The normalized spacial score (nSPS) is 13.5. The number of carboxylic acids is 2. The molecule has 0 aromatic rings. The number of nitrogens with two attached hydrogens (primary N) is 6. The second kappa shape index (κ2) is 17.7. The van der Waals surface area contributed by atoms with Crippen molar-refractivity contribution < 1.29 is 39.0 Å². The van der Waals surface area contributed by atoms with Crippen molar-refractivity contribution in [3.8, 4) is 0 Å². The van der Waals surface area contributed by atoms with Crippen LogP contribution in [-0.2, 0) is 28.8 Å². The van der Waals surface area contributed by atoms with Crippen molar-refractivity contribution in [2.45, 2.75) is 62.7 Å². The molecular weight excluding hydrogens is 522 g/mol. The molecule has 4 amide bonds. The predicted molar refractivity (Wildman–Crippen MR) is 137 cm³/mol. The van der Waals surface area contributed by atoms with Crippen LogP contribution in [0.15, 0.2) is 9.98 Å². The summed E-state index contributed by atoms with van der Waals surface area (Å²) in [4.78, 5) is 79.5. The molecule has 4 atom stereocenters. The highest BCUT2D eigenvalue weighted by Crippen LogP contribution is 2.04. The lowest BCUT2D eigenvalue weighted by Crippen LogP contribution is -2.57. The van der Waals surface area contributed by atoms with E-state index in [2.05, 4.69) is 20.6 Å². The molecule has 39 heavy (non-hydrogen) atoms. The van der Waals surface area contributed by atoms with E-state index in [1.165, 1.54) is 0 Å². The minimum absolute atomic E-state index is 0.0373. The van der Waals surface area contributed by atoms with Gasteiger partial charge in [-0.1, -0.05) is 0 Å².